The number of carbonyl (C=O) groups is 1. The van der Waals surface area contributed by atoms with Gasteiger partial charge in [-0.05, 0) is 36.5 Å². The lowest BCUT2D eigenvalue weighted by molar-refractivity contribution is -0.121. The standard InChI is InChI=1S/C16H21FN2OS/c17-13-8-4-5-11(9-13)10-14(20)19-15(16(18)21)12-6-2-1-3-7-12/h4-5,8-9,12,15H,1-3,6-7,10H2,(H2,18,21)(H,19,20). The number of thiocarbonyl (C=S) groups is 1. The van der Waals surface area contributed by atoms with E-state index in [0.717, 1.165) is 25.7 Å². The SMILES string of the molecule is NC(=S)C(NC(=O)Cc1cccc(F)c1)C1CCCCC1. The molecule has 3 nitrogen and oxygen atoms in total. The second-order valence-corrected chi connectivity index (χ2v) is 6.12. The quantitative estimate of drug-likeness (QED) is 0.822. The number of nitrogens with two attached hydrogens (primary N) is 1. The number of hydrogen-bond donors (Lipinski definition) is 2. The van der Waals surface area contributed by atoms with Crippen molar-refractivity contribution < 1.29 is 9.18 Å². The molecule has 3 N–H and O–H groups in total. The highest BCUT2D eigenvalue weighted by molar-refractivity contribution is 7.80. The Labute approximate surface area is 130 Å². The van der Waals surface area contributed by atoms with E-state index in [9.17, 15) is 9.18 Å². The predicted octanol–water partition coefficient (Wildman–Crippen LogP) is 2.72. The molecular weight excluding hydrogens is 287 g/mol. The molecule has 5 heteroatoms. The van der Waals surface area contributed by atoms with E-state index in [0.29, 0.717) is 16.5 Å². The summed E-state index contributed by atoms with van der Waals surface area (Å²) in [6.07, 6.45) is 5.78. The van der Waals surface area contributed by atoms with Crippen LogP contribution in [0.5, 0.6) is 0 Å². The Morgan fingerprint density at radius 1 is 1.38 bits per heavy atom. The first-order chi connectivity index (χ1) is 10.1. The zero-order valence-corrected chi connectivity index (χ0v) is 12.8. The summed E-state index contributed by atoms with van der Waals surface area (Å²) in [6.45, 7) is 0. The molecule has 1 aromatic rings. The van der Waals surface area contributed by atoms with Crippen LogP contribution in [-0.4, -0.2) is 16.9 Å². The first-order valence-corrected chi connectivity index (χ1v) is 7.80. The maximum atomic E-state index is 13.1. The van der Waals surface area contributed by atoms with Gasteiger partial charge in [-0.2, -0.15) is 0 Å². The third kappa shape index (κ3) is 4.77. The smallest absolute Gasteiger partial charge is 0.224 e. The van der Waals surface area contributed by atoms with Gasteiger partial charge in [-0.1, -0.05) is 43.6 Å². The maximum absolute atomic E-state index is 13.1. The number of nitrogens with one attached hydrogen (secondary N) is 1. The van der Waals surface area contributed by atoms with Gasteiger partial charge >= 0.3 is 0 Å². The molecule has 21 heavy (non-hydrogen) atoms. The van der Waals surface area contributed by atoms with Gasteiger partial charge in [0.25, 0.3) is 0 Å². The average Bonchev–Trinajstić information content (AvgIpc) is 2.45. The topological polar surface area (TPSA) is 55.1 Å². The Balaban J connectivity index is 1.96. The van der Waals surface area contributed by atoms with Crippen LogP contribution in [-0.2, 0) is 11.2 Å². The fourth-order valence-electron chi connectivity index (χ4n) is 2.95. The summed E-state index contributed by atoms with van der Waals surface area (Å²) < 4.78 is 13.1. The van der Waals surface area contributed by atoms with E-state index in [1.165, 1.54) is 18.6 Å². The van der Waals surface area contributed by atoms with E-state index < -0.39 is 0 Å². The van der Waals surface area contributed by atoms with Crippen LogP contribution < -0.4 is 11.1 Å². The normalized spacial score (nSPS) is 17.2. The van der Waals surface area contributed by atoms with Crippen molar-refractivity contribution in [1.82, 2.24) is 5.32 Å². The zero-order chi connectivity index (χ0) is 15.2. The van der Waals surface area contributed by atoms with Crippen molar-refractivity contribution in [2.24, 2.45) is 11.7 Å². The van der Waals surface area contributed by atoms with Crippen LogP contribution >= 0.6 is 12.2 Å². The van der Waals surface area contributed by atoms with Gasteiger partial charge < -0.3 is 11.1 Å². The first kappa shape index (κ1) is 15.9. The third-order valence-corrected chi connectivity index (χ3v) is 4.25. The van der Waals surface area contributed by atoms with E-state index in [-0.39, 0.29) is 24.2 Å². The molecule has 1 aliphatic rings. The van der Waals surface area contributed by atoms with Gasteiger partial charge in [0, 0.05) is 0 Å². The second-order valence-electron chi connectivity index (χ2n) is 5.65. The number of amides is 1. The molecule has 2 rings (SSSR count). The minimum atomic E-state index is -0.335. The van der Waals surface area contributed by atoms with Gasteiger partial charge in [0.15, 0.2) is 0 Å². The highest BCUT2D eigenvalue weighted by Gasteiger charge is 2.27. The zero-order valence-electron chi connectivity index (χ0n) is 12.0. The molecule has 0 spiro atoms. The predicted molar refractivity (Wildman–Crippen MR) is 85.4 cm³/mol. The maximum Gasteiger partial charge on any atom is 0.224 e. The number of halogens is 1. The molecule has 1 fully saturated rings. The van der Waals surface area contributed by atoms with Crippen LogP contribution in [0.15, 0.2) is 24.3 Å². The highest BCUT2D eigenvalue weighted by atomic mass is 32.1. The summed E-state index contributed by atoms with van der Waals surface area (Å²) in [4.78, 5) is 12.5. The fourth-order valence-corrected chi connectivity index (χ4v) is 3.20. The van der Waals surface area contributed by atoms with Crippen LogP contribution in [0.1, 0.15) is 37.7 Å². The Bertz CT molecular complexity index is 515. The highest BCUT2D eigenvalue weighted by Crippen LogP contribution is 2.26. The molecule has 1 aliphatic carbocycles. The molecule has 1 aromatic carbocycles. The fraction of sp³-hybridized carbons (Fsp3) is 0.500. The molecular formula is C16H21FN2OS. The minimum Gasteiger partial charge on any atom is -0.392 e. The molecule has 0 heterocycles. The second kappa shape index (κ2) is 7.50. The molecule has 0 radical (unpaired) electrons. The molecule has 114 valence electrons. The van der Waals surface area contributed by atoms with Crippen molar-refractivity contribution in [3.8, 4) is 0 Å². The Morgan fingerprint density at radius 3 is 2.71 bits per heavy atom. The van der Waals surface area contributed by atoms with Gasteiger partial charge in [-0.15, -0.1) is 0 Å². The monoisotopic (exact) mass is 308 g/mol. The van der Waals surface area contributed by atoms with Crippen molar-refractivity contribution in [2.75, 3.05) is 0 Å². The molecule has 1 atom stereocenters. The summed E-state index contributed by atoms with van der Waals surface area (Å²) in [6, 6.07) is 5.82. The summed E-state index contributed by atoms with van der Waals surface area (Å²) in [5.41, 5.74) is 6.44. The van der Waals surface area contributed by atoms with Crippen LogP contribution in [0.3, 0.4) is 0 Å². The van der Waals surface area contributed by atoms with Crippen LogP contribution in [0.2, 0.25) is 0 Å². The van der Waals surface area contributed by atoms with Gasteiger partial charge in [-0.3, -0.25) is 4.79 Å². The lowest BCUT2D eigenvalue weighted by atomic mass is 9.83. The lowest BCUT2D eigenvalue weighted by Crippen LogP contribution is -2.49. The molecule has 0 saturated heterocycles. The lowest BCUT2D eigenvalue weighted by Gasteiger charge is -2.30. The molecule has 0 aromatic heterocycles. The van der Waals surface area contributed by atoms with Gasteiger partial charge in [0.1, 0.15) is 5.82 Å². The van der Waals surface area contributed by atoms with E-state index in [1.54, 1.807) is 12.1 Å². The van der Waals surface area contributed by atoms with Crippen molar-refractivity contribution >= 4 is 23.1 Å². The molecule has 1 amide bonds. The van der Waals surface area contributed by atoms with E-state index in [2.05, 4.69) is 5.32 Å². The van der Waals surface area contributed by atoms with Crippen molar-refractivity contribution in [2.45, 2.75) is 44.6 Å². The van der Waals surface area contributed by atoms with E-state index >= 15 is 0 Å². The minimum absolute atomic E-state index is 0.142. The van der Waals surface area contributed by atoms with Crippen LogP contribution in [0.4, 0.5) is 4.39 Å². The van der Waals surface area contributed by atoms with Crippen molar-refractivity contribution in [1.29, 1.82) is 0 Å². The number of carbonyl (C=O) groups excluding carboxylic acids is 1. The summed E-state index contributed by atoms with van der Waals surface area (Å²) in [5.74, 6) is -0.171. The van der Waals surface area contributed by atoms with E-state index in [1.807, 2.05) is 0 Å². The van der Waals surface area contributed by atoms with Crippen molar-refractivity contribution in [3.05, 3.63) is 35.6 Å². The first-order valence-electron chi connectivity index (χ1n) is 7.39. The number of rotatable bonds is 5. The largest absolute Gasteiger partial charge is 0.392 e. The Hall–Kier alpha value is -1.49. The van der Waals surface area contributed by atoms with Crippen LogP contribution in [0.25, 0.3) is 0 Å². The van der Waals surface area contributed by atoms with E-state index in [4.69, 9.17) is 18.0 Å². The molecule has 1 unspecified atom stereocenters. The Kier molecular flexibility index (Phi) is 5.67. The number of benzene rings is 1. The van der Waals surface area contributed by atoms with Gasteiger partial charge in [0.05, 0.1) is 17.5 Å². The summed E-state index contributed by atoms with van der Waals surface area (Å²) >= 11 is 5.10. The molecule has 0 aliphatic heterocycles. The third-order valence-electron chi connectivity index (χ3n) is 4.00. The average molecular weight is 308 g/mol. The molecule has 1 saturated carbocycles. The number of hydrogen-bond acceptors (Lipinski definition) is 2. The van der Waals surface area contributed by atoms with Gasteiger partial charge in [0.2, 0.25) is 5.91 Å². The Morgan fingerprint density at radius 2 is 2.10 bits per heavy atom. The van der Waals surface area contributed by atoms with Crippen molar-refractivity contribution in [3.63, 3.8) is 0 Å². The summed E-state index contributed by atoms with van der Waals surface area (Å²) in [5, 5.41) is 2.93. The van der Waals surface area contributed by atoms with Gasteiger partial charge in [-0.25, -0.2) is 4.39 Å². The van der Waals surface area contributed by atoms with Crippen LogP contribution in [0, 0.1) is 11.7 Å². The summed E-state index contributed by atoms with van der Waals surface area (Å²) in [7, 11) is 0. The molecule has 0 bridgehead atoms.